The van der Waals surface area contributed by atoms with Gasteiger partial charge in [0, 0.05) is 21.9 Å². The molecule has 1 heterocycles. The SMILES string of the molecule is CC(C)(C)OC(=O)n1cc(CCl)c2ccc(Br)cc21. The summed E-state index contributed by atoms with van der Waals surface area (Å²) in [4.78, 5) is 12.2. The summed E-state index contributed by atoms with van der Waals surface area (Å²) in [6, 6.07) is 5.76. The molecule has 1 aromatic heterocycles. The van der Waals surface area contributed by atoms with E-state index in [1.807, 2.05) is 39.0 Å². The molecule has 2 aromatic rings. The maximum atomic E-state index is 12.2. The molecule has 5 heteroatoms. The summed E-state index contributed by atoms with van der Waals surface area (Å²) < 4.78 is 7.80. The molecule has 19 heavy (non-hydrogen) atoms. The minimum absolute atomic E-state index is 0.355. The number of rotatable bonds is 1. The number of nitrogens with zero attached hydrogens (tertiary/aromatic N) is 1. The highest BCUT2D eigenvalue weighted by atomic mass is 79.9. The molecule has 0 aliphatic rings. The van der Waals surface area contributed by atoms with E-state index in [0.29, 0.717) is 5.88 Å². The summed E-state index contributed by atoms with van der Waals surface area (Å²) in [5.74, 6) is 0.355. The van der Waals surface area contributed by atoms with Crippen LogP contribution >= 0.6 is 27.5 Å². The molecule has 1 aromatic carbocycles. The highest BCUT2D eigenvalue weighted by molar-refractivity contribution is 9.10. The van der Waals surface area contributed by atoms with Crippen molar-refractivity contribution in [2.45, 2.75) is 32.3 Å². The normalized spacial score (nSPS) is 11.8. The van der Waals surface area contributed by atoms with Gasteiger partial charge in [-0.1, -0.05) is 22.0 Å². The Balaban J connectivity index is 2.54. The molecule has 0 aliphatic heterocycles. The highest BCUT2D eigenvalue weighted by Crippen LogP contribution is 2.27. The molecule has 0 atom stereocenters. The molecule has 2 rings (SSSR count). The Bertz CT molecular complexity index is 628. The van der Waals surface area contributed by atoms with Crippen LogP contribution in [0.4, 0.5) is 4.79 Å². The van der Waals surface area contributed by atoms with Gasteiger partial charge in [0.05, 0.1) is 5.52 Å². The second kappa shape index (κ2) is 5.17. The van der Waals surface area contributed by atoms with Crippen molar-refractivity contribution < 1.29 is 9.53 Å². The standard InChI is InChI=1S/C14H15BrClNO2/c1-14(2,3)19-13(18)17-8-9(7-16)11-5-4-10(15)6-12(11)17/h4-6,8H,7H2,1-3H3. The first-order valence-electron chi connectivity index (χ1n) is 5.90. The van der Waals surface area contributed by atoms with Crippen LogP contribution in [0.25, 0.3) is 10.9 Å². The van der Waals surface area contributed by atoms with Crippen molar-refractivity contribution in [3.8, 4) is 0 Å². The Morgan fingerprint density at radius 3 is 2.68 bits per heavy atom. The maximum absolute atomic E-state index is 12.2. The fraction of sp³-hybridized carbons (Fsp3) is 0.357. The summed E-state index contributed by atoms with van der Waals surface area (Å²) >= 11 is 9.33. The van der Waals surface area contributed by atoms with Crippen LogP contribution in [-0.2, 0) is 10.6 Å². The first-order chi connectivity index (χ1) is 8.81. The smallest absolute Gasteiger partial charge is 0.419 e. The number of benzene rings is 1. The number of ether oxygens (including phenoxy) is 1. The van der Waals surface area contributed by atoms with Crippen molar-refractivity contribution in [3.05, 3.63) is 34.4 Å². The zero-order valence-corrected chi connectivity index (χ0v) is 13.4. The Labute approximate surface area is 125 Å². The fourth-order valence-corrected chi connectivity index (χ4v) is 2.40. The Morgan fingerprint density at radius 1 is 1.42 bits per heavy atom. The average molecular weight is 345 g/mol. The Morgan fingerprint density at radius 2 is 2.11 bits per heavy atom. The van der Waals surface area contributed by atoms with Crippen molar-refractivity contribution in [1.29, 1.82) is 0 Å². The van der Waals surface area contributed by atoms with Crippen LogP contribution in [-0.4, -0.2) is 16.3 Å². The van der Waals surface area contributed by atoms with Gasteiger partial charge in [-0.25, -0.2) is 4.79 Å². The molecule has 3 nitrogen and oxygen atoms in total. The lowest BCUT2D eigenvalue weighted by Gasteiger charge is -2.19. The average Bonchev–Trinajstić information content (AvgIpc) is 2.64. The molecular weight excluding hydrogens is 330 g/mol. The van der Waals surface area contributed by atoms with Gasteiger partial charge in [-0.2, -0.15) is 0 Å². The van der Waals surface area contributed by atoms with E-state index < -0.39 is 11.7 Å². The molecule has 0 amide bonds. The minimum Gasteiger partial charge on any atom is -0.443 e. The topological polar surface area (TPSA) is 31.2 Å². The Hall–Kier alpha value is -1.000. The molecule has 0 unspecified atom stereocenters. The van der Waals surface area contributed by atoms with E-state index in [4.69, 9.17) is 16.3 Å². The summed E-state index contributed by atoms with van der Waals surface area (Å²) in [6.45, 7) is 5.53. The van der Waals surface area contributed by atoms with Crippen LogP contribution in [0.3, 0.4) is 0 Å². The van der Waals surface area contributed by atoms with Gasteiger partial charge >= 0.3 is 6.09 Å². The number of carbonyl (C=O) groups excluding carboxylic acids is 1. The van der Waals surface area contributed by atoms with Gasteiger partial charge < -0.3 is 4.74 Å². The van der Waals surface area contributed by atoms with Crippen molar-refractivity contribution >= 4 is 44.5 Å². The molecule has 0 aliphatic carbocycles. The molecule has 102 valence electrons. The van der Waals surface area contributed by atoms with Crippen LogP contribution in [0.1, 0.15) is 26.3 Å². The van der Waals surface area contributed by atoms with Crippen LogP contribution in [0.15, 0.2) is 28.9 Å². The van der Waals surface area contributed by atoms with Crippen LogP contribution in [0.2, 0.25) is 0 Å². The second-order valence-corrected chi connectivity index (χ2v) is 6.48. The summed E-state index contributed by atoms with van der Waals surface area (Å²) in [5, 5.41) is 0.962. The van der Waals surface area contributed by atoms with Gasteiger partial charge in [-0.3, -0.25) is 4.57 Å². The minimum atomic E-state index is -0.527. The largest absolute Gasteiger partial charge is 0.443 e. The Kier molecular flexibility index (Phi) is 3.92. The van der Waals surface area contributed by atoms with Crippen LogP contribution in [0, 0.1) is 0 Å². The number of aromatic nitrogens is 1. The van der Waals surface area contributed by atoms with E-state index in [0.717, 1.165) is 20.9 Å². The molecule has 0 saturated heterocycles. The van der Waals surface area contributed by atoms with Crippen molar-refractivity contribution in [3.63, 3.8) is 0 Å². The van der Waals surface area contributed by atoms with E-state index in [1.165, 1.54) is 4.57 Å². The van der Waals surface area contributed by atoms with Gasteiger partial charge in [0.2, 0.25) is 0 Å². The molecule has 0 N–H and O–H groups in total. The zero-order valence-electron chi connectivity index (χ0n) is 11.0. The number of fused-ring (bicyclic) bond motifs is 1. The van der Waals surface area contributed by atoms with Crippen LogP contribution in [0.5, 0.6) is 0 Å². The maximum Gasteiger partial charge on any atom is 0.419 e. The molecule has 0 saturated carbocycles. The lowest BCUT2D eigenvalue weighted by Crippen LogP contribution is -2.26. The number of hydrogen-bond acceptors (Lipinski definition) is 2. The van der Waals surface area contributed by atoms with Crippen LogP contribution < -0.4 is 0 Å². The van der Waals surface area contributed by atoms with Crippen molar-refractivity contribution in [2.24, 2.45) is 0 Å². The van der Waals surface area contributed by atoms with E-state index in [2.05, 4.69) is 15.9 Å². The third-order valence-electron chi connectivity index (χ3n) is 2.58. The fourth-order valence-electron chi connectivity index (χ4n) is 1.84. The van der Waals surface area contributed by atoms with Gasteiger partial charge in [-0.05, 0) is 38.5 Å². The van der Waals surface area contributed by atoms with E-state index in [1.54, 1.807) is 6.20 Å². The third-order valence-corrected chi connectivity index (χ3v) is 3.37. The monoisotopic (exact) mass is 343 g/mol. The predicted molar refractivity (Wildman–Crippen MR) is 80.8 cm³/mol. The third kappa shape index (κ3) is 3.12. The molecule has 0 radical (unpaired) electrons. The quantitative estimate of drug-likeness (QED) is 0.687. The number of carbonyl (C=O) groups is 1. The summed E-state index contributed by atoms with van der Waals surface area (Å²) in [6.07, 6.45) is 1.34. The van der Waals surface area contributed by atoms with Crippen molar-refractivity contribution in [2.75, 3.05) is 0 Å². The van der Waals surface area contributed by atoms with E-state index >= 15 is 0 Å². The molecular formula is C14H15BrClNO2. The number of alkyl halides is 1. The summed E-state index contributed by atoms with van der Waals surface area (Å²) in [5.41, 5.74) is 1.18. The highest BCUT2D eigenvalue weighted by Gasteiger charge is 2.20. The lowest BCUT2D eigenvalue weighted by atomic mass is 10.2. The first kappa shape index (κ1) is 14.4. The molecule has 0 spiro atoms. The second-order valence-electron chi connectivity index (χ2n) is 5.30. The van der Waals surface area contributed by atoms with Gasteiger partial charge in [0.15, 0.2) is 0 Å². The summed E-state index contributed by atoms with van der Waals surface area (Å²) in [7, 11) is 0. The van der Waals surface area contributed by atoms with Gasteiger partial charge in [-0.15, -0.1) is 11.6 Å². The van der Waals surface area contributed by atoms with Gasteiger partial charge in [0.25, 0.3) is 0 Å². The van der Waals surface area contributed by atoms with E-state index in [9.17, 15) is 4.79 Å². The number of hydrogen-bond donors (Lipinski definition) is 0. The molecule has 0 fully saturated rings. The lowest BCUT2D eigenvalue weighted by molar-refractivity contribution is 0.0544. The molecule has 0 bridgehead atoms. The van der Waals surface area contributed by atoms with E-state index in [-0.39, 0.29) is 0 Å². The van der Waals surface area contributed by atoms with Crippen molar-refractivity contribution in [1.82, 2.24) is 4.57 Å². The predicted octanol–water partition coefficient (Wildman–Crippen LogP) is 4.93. The number of halogens is 2. The first-order valence-corrected chi connectivity index (χ1v) is 7.23. The van der Waals surface area contributed by atoms with Gasteiger partial charge in [0.1, 0.15) is 5.60 Å². The zero-order chi connectivity index (χ0) is 14.2.